The number of nitrogens with zero attached hydrogens (tertiary/aromatic N) is 3. The Kier molecular flexibility index (Phi) is 5.90. The minimum atomic E-state index is 0.0448. The van der Waals surface area contributed by atoms with Crippen molar-refractivity contribution < 1.29 is 14.3 Å². The number of carbonyl (C=O) groups is 1. The monoisotopic (exact) mass is 384 g/mol. The standard InChI is InChI=1S/C21H28N4O3/c1-15(26)24-14-16-2-4-18(5-3-16)28-20-13-17(25-8-10-27-11-9-25)12-19-21(20)23-7-6-22-19/h6-7,12-13,16,18H,2-5,8-11,14H2,1H3,(H,24,26)/t16-,18+. The average Bonchev–Trinajstić information content (AvgIpc) is 2.74. The molecular weight excluding hydrogens is 356 g/mol. The number of rotatable bonds is 5. The third-order valence-electron chi connectivity index (χ3n) is 5.63. The molecule has 0 radical (unpaired) electrons. The number of hydrogen-bond donors (Lipinski definition) is 1. The summed E-state index contributed by atoms with van der Waals surface area (Å²) in [6, 6.07) is 4.19. The van der Waals surface area contributed by atoms with Gasteiger partial charge in [-0.15, -0.1) is 0 Å². The number of fused-ring (bicyclic) bond motifs is 1. The van der Waals surface area contributed by atoms with Crippen molar-refractivity contribution in [2.75, 3.05) is 37.7 Å². The van der Waals surface area contributed by atoms with Crippen molar-refractivity contribution in [1.82, 2.24) is 15.3 Å². The Morgan fingerprint density at radius 2 is 1.93 bits per heavy atom. The quantitative estimate of drug-likeness (QED) is 0.854. The van der Waals surface area contributed by atoms with Crippen LogP contribution in [0.15, 0.2) is 24.5 Å². The van der Waals surface area contributed by atoms with Gasteiger partial charge < -0.3 is 19.7 Å². The molecule has 1 aliphatic carbocycles. The molecular formula is C21H28N4O3. The zero-order chi connectivity index (χ0) is 19.3. The molecule has 0 bridgehead atoms. The van der Waals surface area contributed by atoms with Gasteiger partial charge in [0.1, 0.15) is 11.3 Å². The molecule has 1 N–H and O–H groups in total. The van der Waals surface area contributed by atoms with Crippen LogP contribution in [0, 0.1) is 5.92 Å². The number of benzene rings is 1. The second kappa shape index (κ2) is 8.73. The molecule has 150 valence electrons. The van der Waals surface area contributed by atoms with Gasteiger partial charge in [-0.3, -0.25) is 9.78 Å². The van der Waals surface area contributed by atoms with Crippen molar-refractivity contribution in [3.05, 3.63) is 24.5 Å². The summed E-state index contributed by atoms with van der Waals surface area (Å²) in [7, 11) is 0. The van der Waals surface area contributed by atoms with Gasteiger partial charge in [0.25, 0.3) is 0 Å². The Morgan fingerprint density at radius 1 is 1.18 bits per heavy atom. The number of nitrogens with one attached hydrogen (secondary N) is 1. The number of morpholine rings is 1. The minimum Gasteiger partial charge on any atom is -0.488 e. The van der Waals surface area contributed by atoms with Gasteiger partial charge in [-0.2, -0.15) is 0 Å². The van der Waals surface area contributed by atoms with Gasteiger partial charge in [0.15, 0.2) is 0 Å². The van der Waals surface area contributed by atoms with Crippen LogP contribution in [0.2, 0.25) is 0 Å². The largest absolute Gasteiger partial charge is 0.488 e. The van der Waals surface area contributed by atoms with Crippen LogP contribution in [0.1, 0.15) is 32.6 Å². The molecule has 1 saturated carbocycles. The van der Waals surface area contributed by atoms with Crippen LogP contribution in [0.4, 0.5) is 5.69 Å². The maximum Gasteiger partial charge on any atom is 0.216 e. The van der Waals surface area contributed by atoms with Gasteiger partial charge in [0.2, 0.25) is 5.91 Å². The summed E-state index contributed by atoms with van der Waals surface area (Å²) >= 11 is 0. The van der Waals surface area contributed by atoms with E-state index in [0.717, 1.165) is 81.0 Å². The third kappa shape index (κ3) is 4.52. The molecule has 0 unspecified atom stereocenters. The van der Waals surface area contributed by atoms with E-state index in [-0.39, 0.29) is 12.0 Å². The second-order valence-corrected chi connectivity index (χ2v) is 7.67. The van der Waals surface area contributed by atoms with Crippen LogP contribution >= 0.6 is 0 Å². The topological polar surface area (TPSA) is 76.6 Å². The van der Waals surface area contributed by atoms with E-state index in [1.807, 2.05) is 0 Å². The Labute approximate surface area is 165 Å². The van der Waals surface area contributed by atoms with Crippen LogP contribution in [0.5, 0.6) is 5.75 Å². The Morgan fingerprint density at radius 3 is 2.68 bits per heavy atom. The first-order valence-electron chi connectivity index (χ1n) is 10.2. The van der Waals surface area contributed by atoms with E-state index >= 15 is 0 Å². The number of aromatic nitrogens is 2. The lowest BCUT2D eigenvalue weighted by atomic mass is 9.87. The lowest BCUT2D eigenvalue weighted by Gasteiger charge is -2.31. The second-order valence-electron chi connectivity index (χ2n) is 7.67. The summed E-state index contributed by atoms with van der Waals surface area (Å²) in [5, 5.41) is 2.93. The van der Waals surface area contributed by atoms with E-state index < -0.39 is 0 Å². The van der Waals surface area contributed by atoms with Crippen molar-refractivity contribution in [2.45, 2.75) is 38.7 Å². The molecule has 2 aliphatic rings. The summed E-state index contributed by atoms with van der Waals surface area (Å²) in [6.07, 6.45) is 7.74. The normalized spacial score (nSPS) is 22.8. The van der Waals surface area contributed by atoms with Gasteiger partial charge in [-0.05, 0) is 37.7 Å². The number of hydrogen-bond acceptors (Lipinski definition) is 6. The van der Waals surface area contributed by atoms with Crippen LogP contribution < -0.4 is 15.0 Å². The van der Waals surface area contributed by atoms with Crippen LogP contribution in [0.25, 0.3) is 11.0 Å². The molecule has 28 heavy (non-hydrogen) atoms. The van der Waals surface area contributed by atoms with Crippen molar-refractivity contribution in [3.8, 4) is 5.75 Å². The molecule has 1 aliphatic heterocycles. The smallest absolute Gasteiger partial charge is 0.216 e. The highest BCUT2D eigenvalue weighted by Gasteiger charge is 2.24. The highest BCUT2D eigenvalue weighted by molar-refractivity contribution is 5.85. The Balaban J connectivity index is 1.48. The Hall–Kier alpha value is -2.41. The van der Waals surface area contributed by atoms with Crippen molar-refractivity contribution in [1.29, 1.82) is 0 Å². The molecule has 2 aromatic rings. The zero-order valence-electron chi connectivity index (χ0n) is 16.4. The van der Waals surface area contributed by atoms with Crippen LogP contribution in [0.3, 0.4) is 0 Å². The summed E-state index contributed by atoms with van der Waals surface area (Å²) < 4.78 is 11.9. The van der Waals surface area contributed by atoms with E-state index in [9.17, 15) is 4.79 Å². The molecule has 1 amide bonds. The molecule has 2 fully saturated rings. The predicted octanol–water partition coefficient (Wildman–Crippen LogP) is 2.54. The molecule has 1 saturated heterocycles. The van der Waals surface area contributed by atoms with Crippen LogP contribution in [-0.4, -0.2) is 54.8 Å². The molecule has 4 rings (SSSR count). The van der Waals surface area contributed by atoms with E-state index in [2.05, 4.69) is 32.3 Å². The summed E-state index contributed by atoms with van der Waals surface area (Å²) in [5.41, 5.74) is 2.80. The summed E-state index contributed by atoms with van der Waals surface area (Å²) in [5.74, 6) is 1.40. The number of anilines is 1. The first-order valence-corrected chi connectivity index (χ1v) is 10.2. The van der Waals surface area contributed by atoms with E-state index in [1.54, 1.807) is 19.3 Å². The fraction of sp³-hybridized carbons (Fsp3) is 0.571. The van der Waals surface area contributed by atoms with Gasteiger partial charge >= 0.3 is 0 Å². The van der Waals surface area contributed by atoms with E-state index in [1.165, 1.54) is 0 Å². The van der Waals surface area contributed by atoms with E-state index in [0.29, 0.717) is 5.92 Å². The first-order chi connectivity index (χ1) is 13.7. The number of ether oxygens (including phenoxy) is 2. The highest BCUT2D eigenvalue weighted by atomic mass is 16.5. The molecule has 7 heteroatoms. The minimum absolute atomic E-state index is 0.0448. The van der Waals surface area contributed by atoms with Gasteiger partial charge in [-0.1, -0.05) is 0 Å². The molecule has 0 atom stereocenters. The highest BCUT2D eigenvalue weighted by Crippen LogP contribution is 2.33. The number of carbonyl (C=O) groups excluding carboxylic acids is 1. The summed E-state index contributed by atoms with van der Waals surface area (Å²) in [6.45, 7) is 5.57. The van der Waals surface area contributed by atoms with Crippen molar-refractivity contribution >= 4 is 22.6 Å². The summed E-state index contributed by atoms with van der Waals surface area (Å²) in [4.78, 5) is 22.5. The lowest BCUT2D eigenvalue weighted by molar-refractivity contribution is -0.119. The lowest BCUT2D eigenvalue weighted by Crippen LogP contribution is -2.36. The molecule has 1 aromatic heterocycles. The van der Waals surface area contributed by atoms with Gasteiger partial charge in [0, 0.05) is 50.7 Å². The fourth-order valence-electron chi connectivity index (χ4n) is 4.04. The SMILES string of the molecule is CC(=O)NC[C@H]1CC[C@@H](Oc2cc(N3CCOCC3)cc3nccnc23)CC1. The third-order valence-corrected chi connectivity index (χ3v) is 5.63. The molecule has 2 heterocycles. The van der Waals surface area contributed by atoms with Crippen LogP contribution in [-0.2, 0) is 9.53 Å². The maximum atomic E-state index is 11.1. The van der Waals surface area contributed by atoms with Crippen molar-refractivity contribution in [2.24, 2.45) is 5.92 Å². The number of amides is 1. The van der Waals surface area contributed by atoms with Gasteiger partial charge in [-0.25, -0.2) is 4.98 Å². The molecule has 7 nitrogen and oxygen atoms in total. The van der Waals surface area contributed by atoms with Gasteiger partial charge in [0.05, 0.1) is 24.8 Å². The predicted molar refractivity (Wildman–Crippen MR) is 108 cm³/mol. The molecule has 0 spiro atoms. The Bertz CT molecular complexity index is 814. The van der Waals surface area contributed by atoms with E-state index in [4.69, 9.17) is 9.47 Å². The molecule has 1 aromatic carbocycles. The maximum absolute atomic E-state index is 11.1. The first kappa shape index (κ1) is 18.9. The average molecular weight is 384 g/mol. The van der Waals surface area contributed by atoms with Crippen molar-refractivity contribution in [3.63, 3.8) is 0 Å². The fourth-order valence-corrected chi connectivity index (χ4v) is 4.04. The zero-order valence-corrected chi connectivity index (χ0v) is 16.4.